The van der Waals surface area contributed by atoms with Crippen LogP contribution in [-0.2, 0) is 11.2 Å². The van der Waals surface area contributed by atoms with E-state index in [0.717, 1.165) is 29.7 Å². The third-order valence-corrected chi connectivity index (χ3v) is 3.97. The molecule has 1 amide bonds. The normalized spacial score (nSPS) is 14.4. The summed E-state index contributed by atoms with van der Waals surface area (Å²) in [6, 6.07) is 13.7. The van der Waals surface area contributed by atoms with Gasteiger partial charge in [0.1, 0.15) is 11.9 Å². The fourth-order valence-electron chi connectivity index (χ4n) is 2.74. The van der Waals surface area contributed by atoms with Crippen molar-refractivity contribution in [2.75, 3.05) is 5.32 Å². The lowest BCUT2D eigenvalue weighted by atomic mass is 10.0. The van der Waals surface area contributed by atoms with Gasteiger partial charge in [-0.1, -0.05) is 55.3 Å². The highest BCUT2D eigenvalue weighted by atomic mass is 35.5. The van der Waals surface area contributed by atoms with Gasteiger partial charge in [-0.05, 0) is 23.6 Å². The van der Waals surface area contributed by atoms with Crippen molar-refractivity contribution in [3.05, 3.63) is 58.6 Å². The van der Waals surface area contributed by atoms with Crippen LogP contribution in [0.3, 0.4) is 0 Å². The molecule has 22 heavy (non-hydrogen) atoms. The van der Waals surface area contributed by atoms with Gasteiger partial charge in [0.05, 0.1) is 12.1 Å². The summed E-state index contributed by atoms with van der Waals surface area (Å²) < 4.78 is 6.21. The highest BCUT2D eigenvalue weighted by Crippen LogP contribution is 2.39. The van der Waals surface area contributed by atoms with Crippen LogP contribution in [0.1, 0.15) is 37.0 Å². The molecule has 1 aliphatic heterocycles. The molecule has 0 saturated heterocycles. The summed E-state index contributed by atoms with van der Waals surface area (Å²) in [5.74, 6) is 0.629. The van der Waals surface area contributed by atoms with Gasteiger partial charge in [-0.25, -0.2) is 0 Å². The fourth-order valence-corrected chi connectivity index (χ4v) is 2.97. The Kier molecular flexibility index (Phi) is 4.34. The first-order chi connectivity index (χ1) is 10.7. The second-order valence-electron chi connectivity index (χ2n) is 5.47. The predicted molar refractivity (Wildman–Crippen MR) is 88.5 cm³/mol. The first kappa shape index (κ1) is 14.9. The molecule has 3 nitrogen and oxygen atoms in total. The van der Waals surface area contributed by atoms with Crippen LogP contribution in [0.4, 0.5) is 5.69 Å². The molecule has 3 rings (SSSR count). The lowest BCUT2D eigenvalue weighted by molar-refractivity contribution is -0.115. The van der Waals surface area contributed by atoms with Crippen molar-refractivity contribution in [3.8, 4) is 5.75 Å². The quantitative estimate of drug-likeness (QED) is 0.864. The molecule has 0 fully saturated rings. The Morgan fingerprint density at radius 1 is 1.27 bits per heavy atom. The van der Waals surface area contributed by atoms with Gasteiger partial charge in [0.15, 0.2) is 0 Å². The number of anilines is 1. The zero-order chi connectivity index (χ0) is 15.5. The average molecular weight is 316 g/mol. The standard InChI is InChI=1S/C18H18ClNO2/c1-2-6-15(12-7-4-3-5-8-12)22-16-11-14(19)9-13-10-17(21)20-18(13)16/h3-5,7-9,11,15H,2,6,10H2,1H3,(H,20,21)/t15-/m1/s1. The Labute approximate surface area is 135 Å². The summed E-state index contributed by atoms with van der Waals surface area (Å²) in [6.07, 6.45) is 2.22. The van der Waals surface area contributed by atoms with Crippen molar-refractivity contribution in [1.82, 2.24) is 0 Å². The van der Waals surface area contributed by atoms with E-state index in [1.165, 1.54) is 0 Å². The number of hydrogen-bond acceptors (Lipinski definition) is 2. The highest BCUT2D eigenvalue weighted by Gasteiger charge is 2.24. The van der Waals surface area contributed by atoms with Crippen molar-refractivity contribution in [2.45, 2.75) is 32.3 Å². The molecule has 0 saturated carbocycles. The fraction of sp³-hybridized carbons (Fsp3) is 0.278. The number of hydrogen-bond donors (Lipinski definition) is 1. The second kappa shape index (κ2) is 6.41. The van der Waals surface area contributed by atoms with Gasteiger partial charge in [0.25, 0.3) is 0 Å². The number of amides is 1. The van der Waals surface area contributed by atoms with Gasteiger partial charge in [0, 0.05) is 11.1 Å². The maximum atomic E-state index is 11.6. The Hall–Kier alpha value is -2.00. The van der Waals surface area contributed by atoms with Crippen LogP contribution in [0.15, 0.2) is 42.5 Å². The molecule has 4 heteroatoms. The van der Waals surface area contributed by atoms with E-state index in [0.29, 0.717) is 17.2 Å². The Morgan fingerprint density at radius 3 is 2.77 bits per heavy atom. The summed E-state index contributed by atoms with van der Waals surface area (Å²) in [6.45, 7) is 2.13. The largest absolute Gasteiger partial charge is 0.483 e. The molecule has 0 spiro atoms. The number of halogens is 1. The molecule has 2 aromatic rings. The molecule has 0 aliphatic carbocycles. The van der Waals surface area contributed by atoms with Gasteiger partial charge in [0.2, 0.25) is 5.91 Å². The van der Waals surface area contributed by atoms with Crippen LogP contribution in [0, 0.1) is 0 Å². The molecule has 1 atom stereocenters. The molecular weight excluding hydrogens is 298 g/mol. The summed E-state index contributed by atoms with van der Waals surface area (Å²) >= 11 is 6.16. The van der Waals surface area contributed by atoms with E-state index in [-0.39, 0.29) is 12.0 Å². The molecule has 1 N–H and O–H groups in total. The SMILES string of the molecule is CCC[C@@H](Oc1cc(Cl)cc2c1NC(=O)C2)c1ccccc1. The molecule has 0 unspecified atom stereocenters. The highest BCUT2D eigenvalue weighted by molar-refractivity contribution is 6.31. The van der Waals surface area contributed by atoms with E-state index in [2.05, 4.69) is 24.4 Å². The van der Waals surface area contributed by atoms with E-state index in [1.807, 2.05) is 24.3 Å². The van der Waals surface area contributed by atoms with Gasteiger partial charge < -0.3 is 10.1 Å². The summed E-state index contributed by atoms with van der Waals surface area (Å²) in [4.78, 5) is 11.6. The number of ether oxygens (including phenoxy) is 1. The third-order valence-electron chi connectivity index (χ3n) is 3.76. The topological polar surface area (TPSA) is 38.3 Å². The number of fused-ring (bicyclic) bond motifs is 1. The first-order valence-corrected chi connectivity index (χ1v) is 7.89. The molecule has 2 aromatic carbocycles. The maximum Gasteiger partial charge on any atom is 0.228 e. The minimum absolute atomic E-state index is 0.0196. The predicted octanol–water partition coefficient (Wildman–Crippen LogP) is 4.75. The van der Waals surface area contributed by atoms with E-state index in [1.54, 1.807) is 6.07 Å². The number of carbonyl (C=O) groups excluding carboxylic acids is 1. The third kappa shape index (κ3) is 3.09. The van der Waals surface area contributed by atoms with Gasteiger partial charge >= 0.3 is 0 Å². The molecule has 0 bridgehead atoms. The van der Waals surface area contributed by atoms with E-state index < -0.39 is 0 Å². The minimum Gasteiger partial charge on any atom is -0.483 e. The molecule has 0 radical (unpaired) electrons. The van der Waals surface area contributed by atoms with Gasteiger partial charge in [-0.15, -0.1) is 0 Å². The monoisotopic (exact) mass is 315 g/mol. The van der Waals surface area contributed by atoms with Crippen LogP contribution >= 0.6 is 11.6 Å². The van der Waals surface area contributed by atoms with Crippen LogP contribution in [0.5, 0.6) is 5.75 Å². The van der Waals surface area contributed by atoms with Crippen molar-refractivity contribution >= 4 is 23.2 Å². The summed E-state index contributed by atoms with van der Waals surface area (Å²) in [7, 11) is 0. The Balaban J connectivity index is 1.92. The maximum absolute atomic E-state index is 11.6. The van der Waals surface area contributed by atoms with Crippen molar-refractivity contribution in [2.24, 2.45) is 0 Å². The van der Waals surface area contributed by atoms with Crippen molar-refractivity contribution in [1.29, 1.82) is 0 Å². The molecule has 1 heterocycles. The molecular formula is C18H18ClNO2. The number of benzene rings is 2. The molecule has 0 aromatic heterocycles. The number of carbonyl (C=O) groups is 1. The Morgan fingerprint density at radius 2 is 2.05 bits per heavy atom. The van der Waals surface area contributed by atoms with Crippen LogP contribution in [0.25, 0.3) is 0 Å². The zero-order valence-corrected chi connectivity index (χ0v) is 13.2. The van der Waals surface area contributed by atoms with E-state index in [4.69, 9.17) is 16.3 Å². The number of rotatable bonds is 5. The lowest BCUT2D eigenvalue weighted by Gasteiger charge is -2.21. The van der Waals surface area contributed by atoms with Crippen LogP contribution in [0.2, 0.25) is 5.02 Å². The lowest BCUT2D eigenvalue weighted by Crippen LogP contribution is -2.09. The van der Waals surface area contributed by atoms with Crippen molar-refractivity contribution < 1.29 is 9.53 Å². The first-order valence-electron chi connectivity index (χ1n) is 7.51. The smallest absolute Gasteiger partial charge is 0.228 e. The second-order valence-corrected chi connectivity index (χ2v) is 5.91. The summed E-state index contributed by atoms with van der Waals surface area (Å²) in [5, 5.41) is 3.46. The molecule has 1 aliphatic rings. The summed E-state index contributed by atoms with van der Waals surface area (Å²) in [5.41, 5.74) is 2.78. The van der Waals surface area contributed by atoms with Gasteiger partial charge in [-0.2, -0.15) is 0 Å². The molecule has 114 valence electrons. The minimum atomic E-state index is -0.0498. The number of nitrogens with one attached hydrogen (secondary N) is 1. The van der Waals surface area contributed by atoms with Crippen molar-refractivity contribution in [3.63, 3.8) is 0 Å². The van der Waals surface area contributed by atoms with E-state index >= 15 is 0 Å². The van der Waals surface area contributed by atoms with E-state index in [9.17, 15) is 4.79 Å². The van der Waals surface area contributed by atoms with Crippen LogP contribution < -0.4 is 10.1 Å². The Bertz CT molecular complexity index is 685. The van der Waals surface area contributed by atoms with Gasteiger partial charge in [-0.3, -0.25) is 4.79 Å². The average Bonchev–Trinajstić information content (AvgIpc) is 2.88. The zero-order valence-electron chi connectivity index (χ0n) is 12.4. The van der Waals surface area contributed by atoms with Crippen LogP contribution in [-0.4, -0.2) is 5.91 Å².